The Kier molecular flexibility index (Phi) is 4.98. The van der Waals surface area contributed by atoms with Gasteiger partial charge in [0, 0.05) is 30.7 Å². The number of rotatable bonds is 5. The van der Waals surface area contributed by atoms with Crippen molar-refractivity contribution in [1.29, 1.82) is 0 Å². The molecule has 1 aromatic heterocycles. The number of benzene rings is 1. The van der Waals surface area contributed by atoms with Gasteiger partial charge < -0.3 is 10.2 Å². The summed E-state index contributed by atoms with van der Waals surface area (Å²) in [6.07, 6.45) is 3.41. The van der Waals surface area contributed by atoms with Crippen LogP contribution in [0, 0.1) is 0 Å². The standard InChI is InChI=1S/C17H20N4O3S/c1-2-21(15-8-9-25(23,24)12-15)16(22)13-10-18-17(19-11-13)20-14-6-4-3-5-7-14/h3-7,10-11,15H,2,8-9,12H2,1H3,(H,18,19,20). The van der Waals surface area contributed by atoms with E-state index in [4.69, 9.17) is 0 Å². The molecule has 1 amide bonds. The van der Waals surface area contributed by atoms with Gasteiger partial charge in [0.15, 0.2) is 9.84 Å². The molecule has 1 unspecified atom stereocenters. The molecule has 132 valence electrons. The summed E-state index contributed by atoms with van der Waals surface area (Å²) >= 11 is 0. The highest BCUT2D eigenvalue weighted by Gasteiger charge is 2.34. The third-order valence-electron chi connectivity index (χ3n) is 4.18. The molecule has 7 nitrogen and oxygen atoms in total. The van der Waals surface area contributed by atoms with E-state index >= 15 is 0 Å². The minimum absolute atomic E-state index is 0.0289. The zero-order valence-electron chi connectivity index (χ0n) is 13.9. The van der Waals surface area contributed by atoms with Crippen molar-refractivity contribution in [2.75, 3.05) is 23.4 Å². The van der Waals surface area contributed by atoms with Gasteiger partial charge >= 0.3 is 0 Å². The molecule has 1 aliphatic heterocycles. The van der Waals surface area contributed by atoms with Crippen LogP contribution in [-0.2, 0) is 9.84 Å². The Balaban J connectivity index is 1.71. The summed E-state index contributed by atoms with van der Waals surface area (Å²) in [5, 5.41) is 3.05. The smallest absolute Gasteiger partial charge is 0.257 e. The lowest BCUT2D eigenvalue weighted by Crippen LogP contribution is -2.41. The molecule has 0 saturated carbocycles. The van der Waals surface area contributed by atoms with Crippen LogP contribution in [0.15, 0.2) is 42.7 Å². The molecule has 0 aliphatic carbocycles. The van der Waals surface area contributed by atoms with Crippen LogP contribution in [-0.4, -0.2) is 53.3 Å². The number of sulfone groups is 1. The fraction of sp³-hybridized carbons (Fsp3) is 0.353. The molecule has 1 atom stereocenters. The number of hydrogen-bond donors (Lipinski definition) is 1. The number of carbonyl (C=O) groups is 1. The van der Waals surface area contributed by atoms with Crippen molar-refractivity contribution < 1.29 is 13.2 Å². The Morgan fingerprint density at radius 1 is 1.24 bits per heavy atom. The highest BCUT2D eigenvalue weighted by Crippen LogP contribution is 2.20. The minimum atomic E-state index is -3.04. The number of para-hydroxylation sites is 1. The average Bonchev–Trinajstić information content (AvgIpc) is 2.97. The van der Waals surface area contributed by atoms with E-state index < -0.39 is 9.84 Å². The van der Waals surface area contributed by atoms with Crippen molar-refractivity contribution in [3.05, 3.63) is 48.3 Å². The van der Waals surface area contributed by atoms with E-state index in [1.54, 1.807) is 4.90 Å². The maximum absolute atomic E-state index is 12.7. The molecule has 2 aromatic rings. The van der Waals surface area contributed by atoms with Crippen LogP contribution in [0.5, 0.6) is 0 Å². The van der Waals surface area contributed by atoms with Gasteiger partial charge in [-0.05, 0) is 25.5 Å². The topological polar surface area (TPSA) is 92.3 Å². The van der Waals surface area contributed by atoms with E-state index in [0.29, 0.717) is 24.5 Å². The summed E-state index contributed by atoms with van der Waals surface area (Å²) in [6, 6.07) is 9.22. The Labute approximate surface area is 147 Å². The van der Waals surface area contributed by atoms with Crippen LogP contribution in [0.1, 0.15) is 23.7 Å². The van der Waals surface area contributed by atoms with Crippen molar-refractivity contribution in [1.82, 2.24) is 14.9 Å². The van der Waals surface area contributed by atoms with E-state index in [2.05, 4.69) is 15.3 Å². The Morgan fingerprint density at radius 3 is 2.48 bits per heavy atom. The van der Waals surface area contributed by atoms with Gasteiger partial charge in [-0.3, -0.25) is 4.79 Å². The largest absolute Gasteiger partial charge is 0.335 e. The molecule has 3 rings (SSSR count). The van der Waals surface area contributed by atoms with Crippen LogP contribution in [0.3, 0.4) is 0 Å². The summed E-state index contributed by atoms with van der Waals surface area (Å²) < 4.78 is 23.3. The Morgan fingerprint density at radius 2 is 1.92 bits per heavy atom. The molecule has 0 radical (unpaired) electrons. The number of hydrogen-bond acceptors (Lipinski definition) is 6. The van der Waals surface area contributed by atoms with E-state index in [1.165, 1.54) is 12.4 Å². The number of carbonyl (C=O) groups excluding carboxylic acids is 1. The van der Waals surface area contributed by atoms with Crippen molar-refractivity contribution in [2.24, 2.45) is 0 Å². The Hall–Kier alpha value is -2.48. The SMILES string of the molecule is CCN(C(=O)c1cnc(Nc2ccccc2)nc1)C1CCS(=O)(=O)C1. The molecule has 8 heteroatoms. The lowest BCUT2D eigenvalue weighted by atomic mass is 10.2. The number of anilines is 2. The molecule has 1 N–H and O–H groups in total. The van der Waals surface area contributed by atoms with Crippen LogP contribution in [0.4, 0.5) is 11.6 Å². The lowest BCUT2D eigenvalue weighted by molar-refractivity contribution is 0.0707. The molecule has 0 spiro atoms. The number of amides is 1. The molecular weight excluding hydrogens is 340 g/mol. The quantitative estimate of drug-likeness (QED) is 0.875. The summed E-state index contributed by atoms with van der Waals surface area (Å²) in [7, 11) is -3.04. The number of nitrogens with zero attached hydrogens (tertiary/aromatic N) is 3. The summed E-state index contributed by atoms with van der Waals surface area (Å²) in [5.74, 6) is 0.323. The van der Waals surface area contributed by atoms with Crippen molar-refractivity contribution in [2.45, 2.75) is 19.4 Å². The van der Waals surface area contributed by atoms with Crippen LogP contribution in [0.2, 0.25) is 0 Å². The van der Waals surface area contributed by atoms with Gasteiger partial charge in [0.1, 0.15) is 0 Å². The van der Waals surface area contributed by atoms with E-state index in [1.807, 2.05) is 37.3 Å². The van der Waals surface area contributed by atoms with Gasteiger partial charge in [0.2, 0.25) is 5.95 Å². The molecule has 1 saturated heterocycles. The van der Waals surface area contributed by atoms with Crippen LogP contribution in [0.25, 0.3) is 0 Å². The molecule has 1 aromatic carbocycles. The number of nitrogens with one attached hydrogen (secondary N) is 1. The predicted molar refractivity (Wildman–Crippen MR) is 95.5 cm³/mol. The van der Waals surface area contributed by atoms with Crippen molar-refractivity contribution in [3.8, 4) is 0 Å². The van der Waals surface area contributed by atoms with Crippen LogP contribution < -0.4 is 5.32 Å². The second-order valence-electron chi connectivity index (χ2n) is 5.93. The normalized spacial score (nSPS) is 18.7. The second kappa shape index (κ2) is 7.18. The highest BCUT2D eigenvalue weighted by molar-refractivity contribution is 7.91. The minimum Gasteiger partial charge on any atom is -0.335 e. The van der Waals surface area contributed by atoms with Gasteiger partial charge in [0.05, 0.1) is 17.1 Å². The molecule has 25 heavy (non-hydrogen) atoms. The first kappa shape index (κ1) is 17.3. The lowest BCUT2D eigenvalue weighted by Gasteiger charge is -2.26. The van der Waals surface area contributed by atoms with Crippen LogP contribution >= 0.6 is 0 Å². The molecule has 1 aliphatic rings. The van der Waals surface area contributed by atoms with Gasteiger partial charge in [0.25, 0.3) is 5.91 Å². The van der Waals surface area contributed by atoms with E-state index in [-0.39, 0.29) is 23.5 Å². The fourth-order valence-corrected chi connectivity index (χ4v) is 4.64. The number of aromatic nitrogens is 2. The van der Waals surface area contributed by atoms with Gasteiger partial charge in [-0.15, -0.1) is 0 Å². The Bertz CT molecular complexity index is 838. The third-order valence-corrected chi connectivity index (χ3v) is 5.93. The summed E-state index contributed by atoms with van der Waals surface area (Å²) in [6.45, 7) is 2.29. The molecule has 2 heterocycles. The van der Waals surface area contributed by atoms with Gasteiger partial charge in [-0.25, -0.2) is 18.4 Å². The molecular formula is C17H20N4O3S. The monoisotopic (exact) mass is 360 g/mol. The molecule has 0 bridgehead atoms. The van der Waals surface area contributed by atoms with Gasteiger partial charge in [-0.2, -0.15) is 0 Å². The first-order chi connectivity index (χ1) is 12.0. The summed E-state index contributed by atoms with van der Waals surface area (Å²) in [4.78, 5) is 22.6. The summed E-state index contributed by atoms with van der Waals surface area (Å²) in [5.41, 5.74) is 1.21. The highest BCUT2D eigenvalue weighted by atomic mass is 32.2. The van der Waals surface area contributed by atoms with Crippen molar-refractivity contribution >= 4 is 27.4 Å². The maximum Gasteiger partial charge on any atom is 0.257 e. The fourth-order valence-electron chi connectivity index (χ4n) is 2.91. The third kappa shape index (κ3) is 4.14. The molecule has 1 fully saturated rings. The van der Waals surface area contributed by atoms with Gasteiger partial charge in [-0.1, -0.05) is 18.2 Å². The zero-order valence-corrected chi connectivity index (χ0v) is 14.7. The van der Waals surface area contributed by atoms with E-state index in [9.17, 15) is 13.2 Å². The average molecular weight is 360 g/mol. The van der Waals surface area contributed by atoms with Crippen molar-refractivity contribution in [3.63, 3.8) is 0 Å². The maximum atomic E-state index is 12.7. The van der Waals surface area contributed by atoms with E-state index in [0.717, 1.165) is 5.69 Å². The predicted octanol–water partition coefficient (Wildman–Crippen LogP) is 1.87. The zero-order chi connectivity index (χ0) is 17.9. The first-order valence-electron chi connectivity index (χ1n) is 8.14. The second-order valence-corrected chi connectivity index (χ2v) is 8.16. The first-order valence-corrected chi connectivity index (χ1v) is 9.96.